The van der Waals surface area contributed by atoms with Crippen molar-refractivity contribution < 1.29 is 4.79 Å². The Morgan fingerprint density at radius 1 is 1.32 bits per heavy atom. The molecule has 0 radical (unpaired) electrons. The number of hydrogen-bond acceptors (Lipinski definition) is 4. The number of fused-ring (bicyclic) bond motifs is 1. The van der Waals surface area contributed by atoms with Crippen LogP contribution < -0.4 is 10.6 Å². The maximum absolute atomic E-state index is 12.1. The molecule has 1 aliphatic heterocycles. The molecule has 0 unspecified atom stereocenters. The Kier molecular flexibility index (Phi) is 3.20. The third kappa shape index (κ3) is 2.46. The number of rotatable bonds is 2. The lowest BCUT2D eigenvalue weighted by molar-refractivity contribution is 0.102. The summed E-state index contributed by atoms with van der Waals surface area (Å²) in [7, 11) is 0. The molecule has 96 valence electrons. The zero-order valence-corrected chi connectivity index (χ0v) is 10.4. The molecule has 5 heteroatoms. The van der Waals surface area contributed by atoms with E-state index in [-0.39, 0.29) is 5.91 Å². The number of carbonyl (C=O) groups is 1. The molecule has 0 fully saturated rings. The van der Waals surface area contributed by atoms with Crippen LogP contribution in [-0.2, 0) is 13.0 Å². The van der Waals surface area contributed by atoms with Gasteiger partial charge in [-0.1, -0.05) is 12.1 Å². The van der Waals surface area contributed by atoms with Crippen molar-refractivity contribution >= 4 is 11.6 Å². The average molecular weight is 254 g/mol. The van der Waals surface area contributed by atoms with Crippen LogP contribution >= 0.6 is 0 Å². The zero-order valence-electron chi connectivity index (χ0n) is 10.4. The number of anilines is 1. The fourth-order valence-corrected chi connectivity index (χ4v) is 2.23. The molecule has 1 aromatic heterocycles. The van der Waals surface area contributed by atoms with Crippen LogP contribution in [0.2, 0.25) is 0 Å². The van der Waals surface area contributed by atoms with Gasteiger partial charge in [0.2, 0.25) is 0 Å². The number of carbonyl (C=O) groups excluding carboxylic acids is 1. The van der Waals surface area contributed by atoms with E-state index in [1.54, 1.807) is 6.20 Å². The third-order valence-corrected chi connectivity index (χ3v) is 3.19. The highest BCUT2D eigenvalue weighted by atomic mass is 16.1. The minimum atomic E-state index is -0.230. The Bertz CT molecular complexity index is 598. The summed E-state index contributed by atoms with van der Waals surface area (Å²) >= 11 is 0. The topological polar surface area (TPSA) is 66.9 Å². The first-order chi connectivity index (χ1) is 9.34. The van der Waals surface area contributed by atoms with Crippen molar-refractivity contribution in [3.63, 3.8) is 0 Å². The Morgan fingerprint density at radius 3 is 3.11 bits per heavy atom. The van der Waals surface area contributed by atoms with Crippen molar-refractivity contribution in [2.45, 2.75) is 13.0 Å². The van der Waals surface area contributed by atoms with Gasteiger partial charge in [-0.25, -0.2) is 4.98 Å². The molecule has 1 aliphatic rings. The van der Waals surface area contributed by atoms with E-state index in [2.05, 4.69) is 26.7 Å². The van der Waals surface area contributed by atoms with E-state index in [0.717, 1.165) is 30.8 Å². The second-order valence-corrected chi connectivity index (χ2v) is 4.41. The summed E-state index contributed by atoms with van der Waals surface area (Å²) in [5.74, 6) is -0.230. The highest BCUT2D eigenvalue weighted by molar-refractivity contribution is 6.03. The molecule has 19 heavy (non-hydrogen) atoms. The van der Waals surface area contributed by atoms with E-state index >= 15 is 0 Å². The van der Waals surface area contributed by atoms with Gasteiger partial charge in [0.15, 0.2) is 0 Å². The zero-order chi connectivity index (χ0) is 13.1. The SMILES string of the molecule is O=C(Nc1cccc2c1CNCC2)c1cnccn1. The standard InChI is InChI=1S/C14H14N4O/c19-14(13-9-16-6-7-17-13)18-12-3-1-2-10-4-5-15-8-11(10)12/h1-3,6-7,9,15H,4-5,8H2,(H,18,19). The van der Waals surface area contributed by atoms with Crippen molar-refractivity contribution in [3.05, 3.63) is 53.6 Å². The van der Waals surface area contributed by atoms with Gasteiger partial charge in [0.1, 0.15) is 5.69 Å². The summed E-state index contributed by atoms with van der Waals surface area (Å²) in [6.07, 6.45) is 5.51. The van der Waals surface area contributed by atoms with Crippen molar-refractivity contribution in [2.75, 3.05) is 11.9 Å². The van der Waals surface area contributed by atoms with Gasteiger partial charge < -0.3 is 10.6 Å². The fourth-order valence-electron chi connectivity index (χ4n) is 2.23. The Labute approximate surface area is 111 Å². The van der Waals surface area contributed by atoms with Crippen LogP contribution in [0.4, 0.5) is 5.69 Å². The Morgan fingerprint density at radius 2 is 2.26 bits per heavy atom. The molecular weight excluding hydrogens is 240 g/mol. The first-order valence-corrected chi connectivity index (χ1v) is 6.23. The molecule has 0 spiro atoms. The van der Waals surface area contributed by atoms with Crippen LogP contribution in [0, 0.1) is 0 Å². The smallest absolute Gasteiger partial charge is 0.275 e. The number of benzene rings is 1. The fraction of sp³-hybridized carbons (Fsp3) is 0.214. The van der Waals surface area contributed by atoms with Gasteiger partial charge in [-0.05, 0) is 30.2 Å². The second-order valence-electron chi connectivity index (χ2n) is 4.41. The molecule has 0 saturated carbocycles. The van der Waals surface area contributed by atoms with Crippen LogP contribution in [0.5, 0.6) is 0 Å². The largest absolute Gasteiger partial charge is 0.320 e. The molecule has 0 bridgehead atoms. The van der Waals surface area contributed by atoms with E-state index in [4.69, 9.17) is 0 Å². The molecule has 2 N–H and O–H groups in total. The van der Waals surface area contributed by atoms with Gasteiger partial charge in [0.05, 0.1) is 6.20 Å². The quantitative estimate of drug-likeness (QED) is 0.849. The van der Waals surface area contributed by atoms with Gasteiger partial charge in [0.25, 0.3) is 5.91 Å². The molecule has 1 aromatic carbocycles. The normalized spacial score (nSPS) is 13.7. The summed E-state index contributed by atoms with van der Waals surface area (Å²) in [6.45, 7) is 1.76. The highest BCUT2D eigenvalue weighted by Crippen LogP contribution is 2.23. The number of amides is 1. The van der Waals surface area contributed by atoms with Crippen molar-refractivity contribution in [3.8, 4) is 0 Å². The van der Waals surface area contributed by atoms with Crippen LogP contribution in [0.15, 0.2) is 36.8 Å². The van der Waals surface area contributed by atoms with Crippen LogP contribution in [-0.4, -0.2) is 22.4 Å². The van der Waals surface area contributed by atoms with Gasteiger partial charge in [-0.3, -0.25) is 9.78 Å². The molecule has 5 nitrogen and oxygen atoms in total. The van der Waals surface area contributed by atoms with E-state index in [1.165, 1.54) is 18.0 Å². The maximum Gasteiger partial charge on any atom is 0.275 e. The van der Waals surface area contributed by atoms with Crippen molar-refractivity contribution in [1.82, 2.24) is 15.3 Å². The molecule has 2 heterocycles. The molecule has 0 saturated heterocycles. The minimum absolute atomic E-state index is 0.230. The molecule has 0 aliphatic carbocycles. The monoisotopic (exact) mass is 254 g/mol. The first kappa shape index (κ1) is 11.8. The summed E-state index contributed by atoms with van der Waals surface area (Å²) < 4.78 is 0. The number of nitrogens with zero attached hydrogens (tertiary/aromatic N) is 2. The first-order valence-electron chi connectivity index (χ1n) is 6.23. The molecular formula is C14H14N4O. The van der Waals surface area contributed by atoms with E-state index in [0.29, 0.717) is 5.69 Å². The summed E-state index contributed by atoms with van der Waals surface area (Å²) in [5.41, 5.74) is 3.62. The lowest BCUT2D eigenvalue weighted by Gasteiger charge is -2.20. The summed E-state index contributed by atoms with van der Waals surface area (Å²) in [5, 5.41) is 6.22. The lowest BCUT2D eigenvalue weighted by Crippen LogP contribution is -2.25. The maximum atomic E-state index is 12.1. The Balaban J connectivity index is 1.86. The predicted octanol–water partition coefficient (Wildman–Crippen LogP) is 1.37. The van der Waals surface area contributed by atoms with E-state index < -0.39 is 0 Å². The van der Waals surface area contributed by atoms with Crippen LogP contribution in [0.25, 0.3) is 0 Å². The van der Waals surface area contributed by atoms with Gasteiger partial charge in [0, 0.05) is 24.6 Å². The third-order valence-electron chi connectivity index (χ3n) is 3.19. The minimum Gasteiger partial charge on any atom is -0.320 e. The molecule has 1 amide bonds. The van der Waals surface area contributed by atoms with Gasteiger partial charge in [-0.15, -0.1) is 0 Å². The highest BCUT2D eigenvalue weighted by Gasteiger charge is 2.15. The average Bonchev–Trinajstić information content (AvgIpc) is 2.48. The number of aromatic nitrogens is 2. The van der Waals surface area contributed by atoms with Crippen LogP contribution in [0.3, 0.4) is 0 Å². The Hall–Kier alpha value is -2.27. The number of hydrogen-bond donors (Lipinski definition) is 2. The van der Waals surface area contributed by atoms with Crippen LogP contribution in [0.1, 0.15) is 21.6 Å². The summed E-state index contributed by atoms with van der Waals surface area (Å²) in [4.78, 5) is 20.0. The van der Waals surface area contributed by atoms with Crippen molar-refractivity contribution in [2.24, 2.45) is 0 Å². The predicted molar refractivity (Wildman–Crippen MR) is 71.8 cm³/mol. The number of nitrogens with one attached hydrogen (secondary N) is 2. The molecule has 2 aromatic rings. The lowest BCUT2D eigenvalue weighted by atomic mass is 9.99. The molecule has 0 atom stereocenters. The second kappa shape index (κ2) is 5.16. The molecule has 3 rings (SSSR count). The van der Waals surface area contributed by atoms with Gasteiger partial charge in [-0.2, -0.15) is 0 Å². The van der Waals surface area contributed by atoms with Crippen molar-refractivity contribution in [1.29, 1.82) is 0 Å². The van der Waals surface area contributed by atoms with E-state index in [1.807, 2.05) is 12.1 Å². The van der Waals surface area contributed by atoms with Gasteiger partial charge >= 0.3 is 0 Å². The summed E-state index contributed by atoms with van der Waals surface area (Å²) in [6, 6.07) is 5.99. The van der Waals surface area contributed by atoms with E-state index in [9.17, 15) is 4.79 Å².